The van der Waals surface area contributed by atoms with Gasteiger partial charge in [0.1, 0.15) is 41.0 Å². The van der Waals surface area contributed by atoms with E-state index in [0.717, 1.165) is 18.5 Å². The van der Waals surface area contributed by atoms with Gasteiger partial charge in [-0.3, -0.25) is 4.79 Å². The summed E-state index contributed by atoms with van der Waals surface area (Å²) in [4.78, 5) is 29.0. The number of methoxy groups -OCH3 is 1. The second kappa shape index (κ2) is 13.3. The highest BCUT2D eigenvalue weighted by atomic mass is 19.3. The number of nitrogens with zero attached hydrogens (tertiary/aromatic N) is 5. The van der Waals surface area contributed by atoms with Gasteiger partial charge in [-0.15, -0.1) is 0 Å². The minimum absolute atomic E-state index is 0.0706. The molecule has 4 aromatic rings. The number of alkyl halides is 2. The molecule has 2 aromatic heterocycles. The van der Waals surface area contributed by atoms with Crippen LogP contribution in [0.15, 0.2) is 67.6 Å². The van der Waals surface area contributed by atoms with Gasteiger partial charge in [0.25, 0.3) is 5.92 Å². The SMILES string of the molecule is C=CC(=O)N1CCC(Nc2cc3c(Nc4ccc(Oc5ccnc(N6C[C@@H]7CCC(F)(F)[C@](C)(C7)C6)c5)cc4F)ncnc3cc2OC)CC1. The molecule has 4 heterocycles. The summed E-state index contributed by atoms with van der Waals surface area (Å²) in [5, 5.41) is 7.30. The molecule has 2 saturated heterocycles. The topological polar surface area (TPSA) is 105 Å². The Hall–Kier alpha value is -5.07. The number of hydrogen-bond acceptors (Lipinski definition) is 9. The highest BCUT2D eigenvalue weighted by Gasteiger charge is 2.56. The van der Waals surface area contributed by atoms with Gasteiger partial charge in [-0.05, 0) is 61.9 Å². The number of amides is 1. The molecule has 3 aliphatic rings. The summed E-state index contributed by atoms with van der Waals surface area (Å²) in [6, 6.07) is 11.7. The number of rotatable bonds is 9. The number of carbonyl (C=O) groups is 1. The van der Waals surface area contributed by atoms with Gasteiger partial charge in [-0.25, -0.2) is 28.1 Å². The maximum absolute atomic E-state index is 15.5. The van der Waals surface area contributed by atoms with Crippen molar-refractivity contribution < 1.29 is 27.4 Å². The summed E-state index contributed by atoms with van der Waals surface area (Å²) in [5.41, 5.74) is 0.429. The van der Waals surface area contributed by atoms with Crippen LogP contribution in [-0.4, -0.2) is 71.0 Å². The van der Waals surface area contributed by atoms with Crippen LogP contribution in [0.4, 0.5) is 36.2 Å². The molecule has 50 heavy (non-hydrogen) atoms. The summed E-state index contributed by atoms with van der Waals surface area (Å²) in [6.45, 7) is 7.36. The Bertz CT molecular complexity index is 1920. The molecule has 2 atom stereocenters. The molecule has 0 radical (unpaired) electrons. The summed E-state index contributed by atoms with van der Waals surface area (Å²) in [7, 11) is 1.59. The van der Waals surface area contributed by atoms with Crippen molar-refractivity contribution >= 4 is 39.8 Å². The van der Waals surface area contributed by atoms with Gasteiger partial charge >= 0.3 is 0 Å². The van der Waals surface area contributed by atoms with Gasteiger partial charge in [0, 0.05) is 73.8 Å². The largest absolute Gasteiger partial charge is 0.495 e. The average Bonchev–Trinajstić information content (AvgIpc) is 3.11. The van der Waals surface area contributed by atoms with Gasteiger partial charge in [-0.1, -0.05) is 13.5 Å². The van der Waals surface area contributed by atoms with Crippen LogP contribution in [-0.2, 0) is 4.79 Å². The van der Waals surface area contributed by atoms with Crippen molar-refractivity contribution in [3.05, 3.63) is 73.5 Å². The monoisotopic (exact) mass is 687 g/mol. The maximum atomic E-state index is 15.5. The molecule has 3 fully saturated rings. The van der Waals surface area contributed by atoms with Crippen molar-refractivity contribution in [2.45, 2.75) is 51.0 Å². The molecule has 0 spiro atoms. The Morgan fingerprint density at radius 1 is 1.04 bits per heavy atom. The minimum atomic E-state index is -2.72. The van der Waals surface area contributed by atoms with E-state index in [0.29, 0.717) is 66.5 Å². The first-order valence-corrected chi connectivity index (χ1v) is 16.9. The Labute approximate surface area is 288 Å². The van der Waals surface area contributed by atoms with Crippen LogP contribution in [0.2, 0.25) is 0 Å². The van der Waals surface area contributed by atoms with Gasteiger partial charge < -0.3 is 29.9 Å². The van der Waals surface area contributed by atoms with Crippen LogP contribution in [0.1, 0.15) is 39.0 Å². The summed E-state index contributed by atoms with van der Waals surface area (Å²) in [5.74, 6) is -0.901. The number of halogens is 3. The third-order valence-corrected chi connectivity index (χ3v) is 10.3. The zero-order chi connectivity index (χ0) is 35.0. The Morgan fingerprint density at radius 3 is 2.60 bits per heavy atom. The van der Waals surface area contributed by atoms with Gasteiger partial charge in [0.2, 0.25) is 5.91 Å². The Balaban J connectivity index is 1.06. The van der Waals surface area contributed by atoms with E-state index < -0.39 is 17.2 Å². The van der Waals surface area contributed by atoms with Crippen molar-refractivity contribution in [1.82, 2.24) is 19.9 Å². The second-order valence-electron chi connectivity index (χ2n) is 13.7. The predicted molar refractivity (Wildman–Crippen MR) is 186 cm³/mol. The van der Waals surface area contributed by atoms with Crippen LogP contribution in [0, 0.1) is 17.2 Å². The van der Waals surface area contributed by atoms with Crippen LogP contribution >= 0.6 is 0 Å². The van der Waals surface area contributed by atoms with E-state index >= 15 is 4.39 Å². The third kappa shape index (κ3) is 6.60. The second-order valence-corrected chi connectivity index (χ2v) is 13.7. The molecule has 10 nitrogen and oxygen atoms in total. The molecular weight excluding hydrogens is 647 g/mol. The van der Waals surface area contributed by atoms with Gasteiger partial charge in [-0.2, -0.15) is 0 Å². The fourth-order valence-corrected chi connectivity index (χ4v) is 7.50. The molecular formula is C37H40F3N7O3. The molecule has 1 amide bonds. The first-order chi connectivity index (χ1) is 24.0. The van der Waals surface area contributed by atoms with Gasteiger partial charge in [0.05, 0.1) is 24.0 Å². The first kappa shape index (κ1) is 33.4. The Kier molecular flexibility index (Phi) is 8.91. The fourth-order valence-electron chi connectivity index (χ4n) is 7.50. The van der Waals surface area contributed by atoms with Crippen molar-refractivity contribution in [2.24, 2.45) is 11.3 Å². The summed E-state index contributed by atoms with van der Waals surface area (Å²) in [6.07, 6.45) is 6.75. The molecule has 1 saturated carbocycles. The lowest BCUT2D eigenvalue weighted by molar-refractivity contribution is -0.156. The van der Waals surface area contributed by atoms with Crippen molar-refractivity contribution in [1.29, 1.82) is 0 Å². The number of anilines is 4. The van der Waals surface area contributed by atoms with Crippen molar-refractivity contribution in [3.63, 3.8) is 0 Å². The molecule has 2 aliphatic heterocycles. The quantitative estimate of drug-likeness (QED) is 0.173. The first-order valence-electron chi connectivity index (χ1n) is 16.9. The van der Waals surface area contributed by atoms with Crippen LogP contribution in [0.25, 0.3) is 10.9 Å². The number of hydrogen-bond donors (Lipinski definition) is 2. The Morgan fingerprint density at radius 2 is 1.84 bits per heavy atom. The number of likely N-dealkylation sites (tertiary alicyclic amines) is 1. The van der Waals surface area contributed by atoms with E-state index in [9.17, 15) is 13.6 Å². The highest BCUT2D eigenvalue weighted by Crippen LogP contribution is 2.53. The number of pyridine rings is 1. The minimum Gasteiger partial charge on any atom is -0.495 e. The lowest BCUT2D eigenvalue weighted by Gasteiger charge is -2.52. The number of fused-ring (bicyclic) bond motifs is 3. The van der Waals surface area contributed by atoms with Crippen LogP contribution in [0.3, 0.4) is 0 Å². The van der Waals surface area contributed by atoms with Crippen molar-refractivity contribution in [2.75, 3.05) is 48.8 Å². The zero-order valence-electron chi connectivity index (χ0n) is 28.1. The normalized spacial score (nSPS) is 21.8. The van der Waals surface area contributed by atoms with Crippen LogP contribution < -0.4 is 25.0 Å². The summed E-state index contributed by atoms with van der Waals surface area (Å²) < 4.78 is 56.9. The number of aromatic nitrogens is 3. The fraction of sp³-hybridized carbons (Fsp3) is 0.405. The third-order valence-electron chi connectivity index (χ3n) is 10.3. The average molecular weight is 688 g/mol. The number of nitrogens with one attached hydrogen (secondary N) is 2. The molecule has 0 unspecified atom stereocenters. The van der Waals surface area contributed by atoms with E-state index in [2.05, 4.69) is 32.2 Å². The van der Waals surface area contributed by atoms with E-state index in [4.69, 9.17) is 9.47 Å². The van der Waals surface area contributed by atoms with E-state index in [1.807, 2.05) is 11.0 Å². The van der Waals surface area contributed by atoms with E-state index in [-0.39, 0.29) is 42.3 Å². The smallest absolute Gasteiger partial charge is 0.255 e. The molecule has 2 N–H and O–H groups in total. The lowest BCUT2D eigenvalue weighted by atomic mass is 9.65. The van der Waals surface area contributed by atoms with Crippen LogP contribution in [0.5, 0.6) is 17.2 Å². The highest BCUT2D eigenvalue weighted by molar-refractivity contribution is 5.95. The zero-order valence-corrected chi connectivity index (χ0v) is 28.1. The van der Waals surface area contributed by atoms with E-state index in [1.165, 1.54) is 18.5 Å². The molecule has 2 bridgehead atoms. The molecule has 2 aromatic carbocycles. The summed E-state index contributed by atoms with van der Waals surface area (Å²) >= 11 is 0. The lowest BCUT2D eigenvalue weighted by Crippen LogP contribution is -2.57. The number of benzene rings is 2. The number of carbonyl (C=O) groups excluding carboxylic acids is 1. The van der Waals surface area contributed by atoms with E-state index in [1.54, 1.807) is 55.5 Å². The maximum Gasteiger partial charge on any atom is 0.255 e. The number of piperidine rings is 2. The van der Waals surface area contributed by atoms with Crippen molar-refractivity contribution in [3.8, 4) is 17.2 Å². The standard InChI is InChI=1S/C37H40F3N7O3/c1-4-34(48)46-13-9-24(10-14-46)44-31-17-27-30(18-32(31)49-3)42-22-43-35(27)45-29-6-5-25(15-28(29)38)50-26-8-12-41-33(16-26)47-20-23-7-11-37(39,40)36(2,19-23)21-47/h4-6,8,12,15-18,22-24,44H,1,7,9-11,13-14,19-21H2,2-3H3,(H,42,43,45)/t23-,36-/m1/s1. The number of ether oxygens (including phenoxy) is 2. The molecule has 7 rings (SSSR count). The van der Waals surface area contributed by atoms with Gasteiger partial charge in [0.15, 0.2) is 0 Å². The predicted octanol–water partition coefficient (Wildman–Crippen LogP) is 7.56. The molecule has 1 aliphatic carbocycles. The molecule has 262 valence electrons. The molecule has 13 heteroatoms.